The van der Waals surface area contributed by atoms with Crippen LogP contribution in [0.3, 0.4) is 0 Å². The molecule has 168 valence electrons. The van der Waals surface area contributed by atoms with Gasteiger partial charge in [-0.1, -0.05) is 19.1 Å². The highest BCUT2D eigenvalue weighted by Gasteiger charge is 2.32. The number of aryl methyl sites for hydroxylation is 1. The lowest BCUT2D eigenvalue weighted by molar-refractivity contribution is 0.185. The van der Waals surface area contributed by atoms with Gasteiger partial charge in [-0.2, -0.15) is 0 Å². The Morgan fingerprint density at radius 1 is 1.10 bits per heavy atom. The Hall–Kier alpha value is -2.47. The van der Waals surface area contributed by atoms with Crippen LogP contribution in [0.25, 0.3) is 0 Å². The first-order chi connectivity index (χ1) is 14.8. The van der Waals surface area contributed by atoms with E-state index in [2.05, 4.69) is 62.2 Å². The van der Waals surface area contributed by atoms with E-state index in [-0.39, 0.29) is 11.6 Å². The molecule has 0 spiro atoms. The minimum atomic E-state index is -0.115. The Labute approximate surface area is 191 Å². The Balaban J connectivity index is 1.92. The van der Waals surface area contributed by atoms with Crippen molar-refractivity contribution in [1.82, 2.24) is 10.2 Å². The van der Waals surface area contributed by atoms with Crippen LogP contribution in [-0.4, -0.2) is 42.9 Å². The molecular formula is C25H34N2O3S. The molecule has 1 heterocycles. The van der Waals surface area contributed by atoms with Gasteiger partial charge in [-0.15, -0.1) is 0 Å². The molecule has 1 aliphatic heterocycles. The van der Waals surface area contributed by atoms with Crippen LogP contribution < -0.4 is 19.5 Å². The number of benzene rings is 2. The van der Waals surface area contributed by atoms with Gasteiger partial charge in [0.1, 0.15) is 12.4 Å². The summed E-state index contributed by atoms with van der Waals surface area (Å²) in [5.74, 6) is 2.33. The van der Waals surface area contributed by atoms with Crippen molar-refractivity contribution in [2.75, 3.05) is 27.4 Å². The quantitative estimate of drug-likeness (QED) is 0.641. The van der Waals surface area contributed by atoms with Gasteiger partial charge in [0.25, 0.3) is 0 Å². The molecule has 0 radical (unpaired) electrons. The van der Waals surface area contributed by atoms with Crippen LogP contribution in [0.4, 0.5) is 0 Å². The van der Waals surface area contributed by atoms with Gasteiger partial charge < -0.3 is 24.4 Å². The third-order valence-electron chi connectivity index (χ3n) is 5.48. The largest absolute Gasteiger partial charge is 0.493 e. The number of hydrogen-bond acceptors (Lipinski definition) is 4. The monoisotopic (exact) mass is 442 g/mol. The van der Waals surface area contributed by atoms with E-state index in [0.717, 1.165) is 47.3 Å². The number of hydrogen-bond donors (Lipinski definition) is 1. The van der Waals surface area contributed by atoms with Gasteiger partial charge in [-0.05, 0) is 86.8 Å². The standard InChI is InChI=1S/C25H34N2O3S/c1-7-17-8-10-19(11-9-17)30-16-21-20-15-23(29-6)22(28-5)14-18(20)12-13-27(21)24(31)26-25(2,3)4/h8-11,14-15,21H,7,12-13,16H2,1-6H3,(H,26,31). The summed E-state index contributed by atoms with van der Waals surface area (Å²) >= 11 is 5.81. The van der Waals surface area contributed by atoms with E-state index in [9.17, 15) is 0 Å². The summed E-state index contributed by atoms with van der Waals surface area (Å²) in [6.45, 7) is 9.80. The maximum Gasteiger partial charge on any atom is 0.169 e. The average Bonchev–Trinajstić information content (AvgIpc) is 2.75. The molecule has 0 aromatic heterocycles. The molecule has 1 N–H and O–H groups in total. The van der Waals surface area contributed by atoms with Crippen LogP contribution in [0, 0.1) is 0 Å². The zero-order valence-electron chi connectivity index (χ0n) is 19.5. The first-order valence-corrected chi connectivity index (χ1v) is 11.2. The maximum absolute atomic E-state index is 6.24. The van der Waals surface area contributed by atoms with Crippen LogP contribution in [0.1, 0.15) is 50.4 Å². The molecule has 0 fully saturated rings. The molecule has 0 amide bonds. The van der Waals surface area contributed by atoms with Gasteiger partial charge in [0.2, 0.25) is 0 Å². The Morgan fingerprint density at radius 3 is 2.32 bits per heavy atom. The van der Waals surface area contributed by atoms with E-state index in [0.29, 0.717) is 6.61 Å². The van der Waals surface area contributed by atoms with Crippen molar-refractivity contribution in [2.24, 2.45) is 0 Å². The van der Waals surface area contributed by atoms with Crippen molar-refractivity contribution in [3.05, 3.63) is 53.1 Å². The molecule has 3 rings (SSSR count). The minimum Gasteiger partial charge on any atom is -0.493 e. The lowest BCUT2D eigenvalue weighted by atomic mass is 9.92. The average molecular weight is 443 g/mol. The van der Waals surface area contributed by atoms with Crippen molar-refractivity contribution in [3.63, 3.8) is 0 Å². The second-order valence-electron chi connectivity index (χ2n) is 8.85. The Kier molecular flexibility index (Phi) is 7.31. The third kappa shape index (κ3) is 5.62. The molecule has 5 nitrogen and oxygen atoms in total. The summed E-state index contributed by atoms with van der Waals surface area (Å²) in [4.78, 5) is 2.23. The lowest BCUT2D eigenvalue weighted by Crippen LogP contribution is -2.52. The zero-order chi connectivity index (χ0) is 22.6. The molecule has 2 aromatic rings. The first-order valence-electron chi connectivity index (χ1n) is 10.8. The van der Waals surface area contributed by atoms with Gasteiger partial charge in [0.05, 0.1) is 20.3 Å². The normalized spacial score (nSPS) is 15.8. The summed E-state index contributed by atoms with van der Waals surface area (Å²) < 4.78 is 17.3. The molecule has 1 atom stereocenters. The summed E-state index contributed by atoms with van der Waals surface area (Å²) in [6, 6.07) is 12.4. The molecule has 1 aliphatic rings. The topological polar surface area (TPSA) is 43.0 Å². The first kappa shape index (κ1) is 23.2. The number of nitrogens with zero attached hydrogens (tertiary/aromatic N) is 1. The maximum atomic E-state index is 6.24. The van der Waals surface area contributed by atoms with Crippen molar-refractivity contribution < 1.29 is 14.2 Å². The number of thiocarbonyl (C=S) groups is 1. The van der Waals surface area contributed by atoms with Crippen LogP contribution in [0.15, 0.2) is 36.4 Å². The highest BCUT2D eigenvalue weighted by Crippen LogP contribution is 2.38. The molecule has 0 aliphatic carbocycles. The van der Waals surface area contributed by atoms with Crippen molar-refractivity contribution >= 4 is 17.3 Å². The summed E-state index contributed by atoms with van der Waals surface area (Å²) in [6.07, 6.45) is 1.89. The second-order valence-corrected chi connectivity index (χ2v) is 9.24. The third-order valence-corrected chi connectivity index (χ3v) is 5.82. The number of ether oxygens (including phenoxy) is 3. The van der Waals surface area contributed by atoms with Gasteiger partial charge in [-0.25, -0.2) is 0 Å². The van der Waals surface area contributed by atoms with E-state index in [1.54, 1.807) is 14.2 Å². The smallest absolute Gasteiger partial charge is 0.169 e. The van der Waals surface area contributed by atoms with Crippen molar-refractivity contribution in [3.8, 4) is 17.2 Å². The number of rotatable bonds is 6. The number of methoxy groups -OCH3 is 2. The Morgan fingerprint density at radius 2 is 1.74 bits per heavy atom. The highest BCUT2D eigenvalue weighted by atomic mass is 32.1. The SMILES string of the molecule is CCc1ccc(OCC2c3cc(OC)c(OC)cc3CCN2C(=S)NC(C)(C)C)cc1. The molecule has 6 heteroatoms. The predicted octanol–water partition coefficient (Wildman–Crippen LogP) is 4.92. The van der Waals surface area contributed by atoms with Crippen molar-refractivity contribution in [2.45, 2.75) is 52.1 Å². The minimum absolute atomic E-state index is 0.0308. The summed E-state index contributed by atoms with van der Waals surface area (Å²) in [7, 11) is 3.33. The van der Waals surface area contributed by atoms with Crippen LogP contribution in [0.5, 0.6) is 17.2 Å². The Bertz CT molecular complexity index is 906. The highest BCUT2D eigenvalue weighted by molar-refractivity contribution is 7.80. The van der Waals surface area contributed by atoms with Gasteiger partial charge in [0, 0.05) is 12.1 Å². The summed E-state index contributed by atoms with van der Waals surface area (Å²) in [5, 5.41) is 4.20. The van der Waals surface area contributed by atoms with Crippen LogP contribution >= 0.6 is 12.2 Å². The molecular weight excluding hydrogens is 408 g/mol. The van der Waals surface area contributed by atoms with Gasteiger partial charge in [-0.3, -0.25) is 0 Å². The van der Waals surface area contributed by atoms with E-state index in [1.807, 2.05) is 12.1 Å². The van der Waals surface area contributed by atoms with Crippen LogP contribution in [0.2, 0.25) is 0 Å². The molecule has 1 unspecified atom stereocenters. The van der Waals surface area contributed by atoms with E-state index in [4.69, 9.17) is 26.4 Å². The fourth-order valence-corrected chi connectivity index (χ4v) is 4.36. The zero-order valence-corrected chi connectivity index (χ0v) is 20.3. The molecule has 0 saturated heterocycles. The molecule has 31 heavy (non-hydrogen) atoms. The number of fused-ring (bicyclic) bond motifs is 1. The van der Waals surface area contributed by atoms with E-state index in [1.165, 1.54) is 11.1 Å². The summed E-state index contributed by atoms with van der Waals surface area (Å²) in [5.41, 5.74) is 3.58. The van der Waals surface area contributed by atoms with E-state index < -0.39 is 0 Å². The second kappa shape index (κ2) is 9.77. The molecule has 0 saturated carbocycles. The van der Waals surface area contributed by atoms with Gasteiger partial charge >= 0.3 is 0 Å². The predicted molar refractivity (Wildman–Crippen MR) is 129 cm³/mol. The van der Waals surface area contributed by atoms with E-state index >= 15 is 0 Å². The fourth-order valence-electron chi connectivity index (χ4n) is 3.84. The number of nitrogens with one attached hydrogen (secondary N) is 1. The van der Waals surface area contributed by atoms with Gasteiger partial charge in [0.15, 0.2) is 16.6 Å². The molecule has 2 aromatic carbocycles. The van der Waals surface area contributed by atoms with Crippen molar-refractivity contribution in [1.29, 1.82) is 0 Å². The lowest BCUT2D eigenvalue weighted by Gasteiger charge is -2.41. The fraction of sp³-hybridized carbons (Fsp3) is 0.480. The molecule has 0 bridgehead atoms. The van der Waals surface area contributed by atoms with Crippen LogP contribution in [-0.2, 0) is 12.8 Å².